The molecule has 3 aliphatic heterocycles. The largest absolute Gasteiger partial charge is 0.507 e. The summed E-state index contributed by atoms with van der Waals surface area (Å²) in [4.78, 5) is 30.6. The van der Waals surface area contributed by atoms with E-state index < -0.39 is 17.7 Å². The fourth-order valence-electron chi connectivity index (χ4n) is 5.40. The molecule has 2 aromatic rings. The Morgan fingerprint density at radius 2 is 1.97 bits per heavy atom. The second kappa shape index (κ2) is 11.4. The maximum absolute atomic E-state index is 13.4. The maximum Gasteiger partial charge on any atom is 0.295 e. The number of morpholine rings is 1. The minimum Gasteiger partial charge on any atom is -0.507 e. The normalized spacial score (nSPS) is 22.8. The molecular weight excluding hydrogens is 484 g/mol. The molecule has 0 saturated carbocycles. The first-order valence-electron chi connectivity index (χ1n) is 13.2. The first-order valence-corrected chi connectivity index (χ1v) is 13.2. The lowest BCUT2D eigenvalue weighted by Gasteiger charge is -2.29. The monoisotopic (exact) mass is 518 g/mol. The van der Waals surface area contributed by atoms with Crippen LogP contribution in [0.4, 0.5) is 0 Å². The van der Waals surface area contributed by atoms with E-state index in [1.807, 2.05) is 43.3 Å². The van der Waals surface area contributed by atoms with E-state index in [9.17, 15) is 14.7 Å². The number of carbonyl (C=O) groups is 2. The number of aliphatic hydroxyl groups excluding tert-OH is 1. The van der Waals surface area contributed by atoms with Crippen molar-refractivity contribution in [3.05, 3.63) is 77.4 Å². The van der Waals surface area contributed by atoms with Crippen LogP contribution in [0.5, 0.6) is 11.5 Å². The van der Waals surface area contributed by atoms with E-state index in [-0.39, 0.29) is 17.4 Å². The molecular formula is C30H34N2O6. The number of fused-ring (bicyclic) bond motifs is 1. The summed E-state index contributed by atoms with van der Waals surface area (Å²) in [5.74, 6) is -0.0783. The number of ketones is 1. The minimum absolute atomic E-state index is 0.0535. The van der Waals surface area contributed by atoms with Crippen molar-refractivity contribution in [2.24, 2.45) is 0 Å². The molecule has 3 heterocycles. The van der Waals surface area contributed by atoms with Crippen LogP contribution in [0.3, 0.4) is 0 Å². The van der Waals surface area contributed by atoms with Crippen LogP contribution in [-0.2, 0) is 20.7 Å². The zero-order chi connectivity index (χ0) is 26.6. The average Bonchev–Trinajstić information content (AvgIpc) is 3.43. The molecule has 3 aliphatic rings. The summed E-state index contributed by atoms with van der Waals surface area (Å²) in [6.45, 7) is 10.3. The SMILES string of the molecule is C=CCOc1cccc([C@@H]2/C(=C(\O)c3ccc4c(c3)C[C@@H](C)O4)C(=O)C(=O)N2CCCN2CCOCC2)c1. The molecule has 2 aromatic carbocycles. The van der Waals surface area contributed by atoms with Gasteiger partial charge in [-0.2, -0.15) is 0 Å². The van der Waals surface area contributed by atoms with Crippen molar-refractivity contribution in [2.75, 3.05) is 46.0 Å². The van der Waals surface area contributed by atoms with Gasteiger partial charge in [-0.25, -0.2) is 0 Å². The van der Waals surface area contributed by atoms with Gasteiger partial charge >= 0.3 is 0 Å². The number of carbonyl (C=O) groups excluding carboxylic acids is 2. The first kappa shape index (κ1) is 26.0. The van der Waals surface area contributed by atoms with E-state index >= 15 is 0 Å². The third-order valence-corrected chi connectivity index (χ3v) is 7.23. The van der Waals surface area contributed by atoms with Gasteiger partial charge in [-0.3, -0.25) is 14.5 Å². The van der Waals surface area contributed by atoms with Gasteiger partial charge < -0.3 is 24.2 Å². The van der Waals surface area contributed by atoms with Crippen molar-refractivity contribution in [1.82, 2.24) is 9.80 Å². The molecule has 2 fully saturated rings. The molecule has 0 aromatic heterocycles. The molecule has 5 rings (SSSR count). The van der Waals surface area contributed by atoms with Crippen molar-refractivity contribution < 1.29 is 28.9 Å². The molecule has 0 bridgehead atoms. The van der Waals surface area contributed by atoms with Gasteiger partial charge in [-0.05, 0) is 54.8 Å². The highest BCUT2D eigenvalue weighted by Crippen LogP contribution is 2.41. The van der Waals surface area contributed by atoms with E-state index in [0.29, 0.717) is 49.7 Å². The third-order valence-electron chi connectivity index (χ3n) is 7.23. The van der Waals surface area contributed by atoms with Crippen LogP contribution in [0.15, 0.2) is 60.7 Å². The zero-order valence-electron chi connectivity index (χ0n) is 21.7. The molecule has 0 unspecified atom stereocenters. The van der Waals surface area contributed by atoms with Gasteiger partial charge in [0.2, 0.25) is 0 Å². The summed E-state index contributed by atoms with van der Waals surface area (Å²) in [5, 5.41) is 11.5. The Balaban J connectivity index is 1.49. The number of ether oxygens (including phenoxy) is 3. The van der Waals surface area contributed by atoms with Crippen LogP contribution in [-0.4, -0.2) is 78.7 Å². The van der Waals surface area contributed by atoms with Gasteiger partial charge in [0.05, 0.1) is 24.8 Å². The topological polar surface area (TPSA) is 88.5 Å². The molecule has 200 valence electrons. The summed E-state index contributed by atoms with van der Waals surface area (Å²) >= 11 is 0. The van der Waals surface area contributed by atoms with Gasteiger partial charge in [0.1, 0.15) is 30.0 Å². The summed E-state index contributed by atoms with van der Waals surface area (Å²) in [6.07, 6.45) is 3.13. The van der Waals surface area contributed by atoms with E-state index in [4.69, 9.17) is 14.2 Å². The standard InChI is InChI=1S/C30H34N2O6/c1-3-14-37-24-7-4-6-21(19-24)27-26(28(33)22-8-9-25-23(18-22)17-20(2)38-25)29(34)30(35)32(27)11-5-10-31-12-15-36-16-13-31/h3-4,6-9,18-20,27,33H,1,5,10-17H2,2H3/b28-26+/t20-,27-/m1/s1. The Morgan fingerprint density at radius 1 is 1.16 bits per heavy atom. The second-order valence-corrected chi connectivity index (χ2v) is 9.93. The van der Waals surface area contributed by atoms with Crippen LogP contribution in [0.2, 0.25) is 0 Å². The van der Waals surface area contributed by atoms with E-state index in [2.05, 4.69) is 11.5 Å². The predicted molar refractivity (Wildman–Crippen MR) is 143 cm³/mol. The van der Waals surface area contributed by atoms with Crippen molar-refractivity contribution in [2.45, 2.75) is 31.9 Å². The molecule has 8 heteroatoms. The van der Waals surface area contributed by atoms with Crippen LogP contribution >= 0.6 is 0 Å². The number of likely N-dealkylation sites (tertiary alicyclic amines) is 1. The number of nitrogens with zero attached hydrogens (tertiary/aromatic N) is 2. The number of aliphatic hydroxyl groups is 1. The van der Waals surface area contributed by atoms with E-state index in [1.165, 1.54) is 0 Å². The molecule has 38 heavy (non-hydrogen) atoms. The Hall–Kier alpha value is -3.62. The fourth-order valence-corrected chi connectivity index (χ4v) is 5.40. The lowest BCUT2D eigenvalue weighted by molar-refractivity contribution is -0.140. The quantitative estimate of drug-likeness (QED) is 0.234. The smallest absolute Gasteiger partial charge is 0.295 e. The van der Waals surface area contributed by atoms with Crippen molar-refractivity contribution in [3.8, 4) is 11.5 Å². The molecule has 2 atom stereocenters. The zero-order valence-corrected chi connectivity index (χ0v) is 21.7. The molecule has 1 amide bonds. The fraction of sp³-hybridized carbons (Fsp3) is 0.400. The highest BCUT2D eigenvalue weighted by molar-refractivity contribution is 6.46. The Bertz CT molecular complexity index is 1250. The molecule has 1 N–H and O–H groups in total. The minimum atomic E-state index is -0.726. The van der Waals surface area contributed by atoms with Crippen LogP contribution in [0.25, 0.3) is 5.76 Å². The number of benzene rings is 2. The number of rotatable bonds is 9. The van der Waals surface area contributed by atoms with Gasteiger partial charge in [0.25, 0.3) is 11.7 Å². The number of amides is 1. The average molecular weight is 519 g/mol. The lowest BCUT2D eigenvalue weighted by atomic mass is 9.94. The van der Waals surface area contributed by atoms with E-state index in [1.54, 1.807) is 17.0 Å². The van der Waals surface area contributed by atoms with Gasteiger partial charge in [-0.15, -0.1) is 0 Å². The molecule has 8 nitrogen and oxygen atoms in total. The lowest BCUT2D eigenvalue weighted by Crippen LogP contribution is -2.38. The highest BCUT2D eigenvalue weighted by Gasteiger charge is 2.46. The molecule has 0 aliphatic carbocycles. The number of Topliss-reactive ketones (excluding diaryl/α,β-unsaturated/α-hetero) is 1. The highest BCUT2D eigenvalue weighted by atomic mass is 16.5. The molecule has 0 radical (unpaired) electrons. The van der Waals surface area contributed by atoms with Crippen LogP contribution < -0.4 is 9.47 Å². The van der Waals surface area contributed by atoms with Crippen molar-refractivity contribution in [3.63, 3.8) is 0 Å². The van der Waals surface area contributed by atoms with Gasteiger partial charge in [0, 0.05) is 38.2 Å². The van der Waals surface area contributed by atoms with Crippen LogP contribution in [0.1, 0.15) is 36.1 Å². The first-order chi connectivity index (χ1) is 18.5. The van der Waals surface area contributed by atoms with Crippen LogP contribution in [0, 0.1) is 0 Å². The summed E-state index contributed by atoms with van der Waals surface area (Å²) < 4.78 is 17.0. The van der Waals surface area contributed by atoms with Gasteiger partial charge in [0.15, 0.2) is 0 Å². The Labute approximate surface area is 223 Å². The van der Waals surface area contributed by atoms with Gasteiger partial charge in [-0.1, -0.05) is 24.8 Å². The summed E-state index contributed by atoms with van der Waals surface area (Å²) in [6, 6.07) is 12.0. The summed E-state index contributed by atoms with van der Waals surface area (Å²) in [7, 11) is 0. The predicted octanol–water partition coefficient (Wildman–Crippen LogP) is 3.72. The molecule has 0 spiro atoms. The second-order valence-electron chi connectivity index (χ2n) is 9.93. The number of hydrogen-bond acceptors (Lipinski definition) is 7. The van der Waals surface area contributed by atoms with Crippen molar-refractivity contribution >= 4 is 17.4 Å². The maximum atomic E-state index is 13.4. The summed E-state index contributed by atoms with van der Waals surface area (Å²) in [5.41, 5.74) is 2.26. The van der Waals surface area contributed by atoms with Crippen molar-refractivity contribution in [1.29, 1.82) is 0 Å². The number of hydrogen-bond donors (Lipinski definition) is 1. The Kier molecular flexibility index (Phi) is 7.81. The third kappa shape index (κ3) is 5.33. The van der Waals surface area contributed by atoms with E-state index in [0.717, 1.165) is 37.4 Å². The molecule has 2 saturated heterocycles. The Morgan fingerprint density at radius 3 is 2.76 bits per heavy atom.